The van der Waals surface area contributed by atoms with Crippen LogP contribution < -0.4 is 4.90 Å². The first-order valence-electron chi connectivity index (χ1n) is 9.99. The Hall–Kier alpha value is -1.22. The van der Waals surface area contributed by atoms with Gasteiger partial charge in [0.15, 0.2) is 0 Å². The summed E-state index contributed by atoms with van der Waals surface area (Å²) in [5, 5.41) is 0.767. The minimum absolute atomic E-state index is 0.335. The Bertz CT molecular complexity index is 495. The van der Waals surface area contributed by atoms with E-state index < -0.39 is 0 Å². The monoisotopic (exact) mass is 364 g/mol. The zero-order chi connectivity index (χ0) is 17.9. The van der Waals surface area contributed by atoms with Gasteiger partial charge in [0.2, 0.25) is 5.91 Å². The fourth-order valence-electron chi connectivity index (χ4n) is 3.43. The number of amides is 1. The molecule has 25 heavy (non-hydrogen) atoms. The highest BCUT2D eigenvalue weighted by Crippen LogP contribution is 2.20. The summed E-state index contributed by atoms with van der Waals surface area (Å²) in [6.07, 6.45) is 11.0. The van der Waals surface area contributed by atoms with Gasteiger partial charge in [-0.3, -0.25) is 4.79 Å². The lowest BCUT2D eigenvalue weighted by Crippen LogP contribution is -2.48. The third-order valence-electron chi connectivity index (χ3n) is 5.07. The molecule has 140 valence electrons. The van der Waals surface area contributed by atoms with Gasteiger partial charge in [0.1, 0.15) is 0 Å². The number of piperazine rings is 1. The van der Waals surface area contributed by atoms with Crippen LogP contribution in [-0.2, 0) is 4.79 Å². The highest BCUT2D eigenvalue weighted by molar-refractivity contribution is 6.30. The van der Waals surface area contributed by atoms with E-state index in [0.717, 1.165) is 44.0 Å². The Morgan fingerprint density at radius 1 is 0.880 bits per heavy atom. The van der Waals surface area contributed by atoms with E-state index in [0.29, 0.717) is 5.91 Å². The topological polar surface area (TPSA) is 23.6 Å². The minimum atomic E-state index is 0.335. The van der Waals surface area contributed by atoms with Crippen molar-refractivity contribution in [3.05, 3.63) is 29.3 Å². The zero-order valence-electron chi connectivity index (χ0n) is 15.7. The molecule has 1 saturated heterocycles. The van der Waals surface area contributed by atoms with Gasteiger partial charge in [0.05, 0.1) is 0 Å². The number of nitrogens with zero attached hydrogens (tertiary/aromatic N) is 2. The van der Waals surface area contributed by atoms with Crippen molar-refractivity contribution < 1.29 is 4.79 Å². The molecule has 1 amide bonds. The summed E-state index contributed by atoms with van der Waals surface area (Å²) >= 11 is 5.95. The van der Waals surface area contributed by atoms with E-state index in [9.17, 15) is 4.79 Å². The number of hydrogen-bond acceptors (Lipinski definition) is 2. The van der Waals surface area contributed by atoms with Crippen LogP contribution in [0, 0.1) is 0 Å². The summed E-state index contributed by atoms with van der Waals surface area (Å²) in [7, 11) is 0. The summed E-state index contributed by atoms with van der Waals surface area (Å²) in [5.74, 6) is 0.335. The van der Waals surface area contributed by atoms with Crippen molar-refractivity contribution >= 4 is 23.2 Å². The molecule has 1 aromatic rings. The normalized spacial score (nSPS) is 14.8. The summed E-state index contributed by atoms with van der Waals surface area (Å²) in [6, 6.07) is 7.97. The maximum absolute atomic E-state index is 12.3. The van der Waals surface area contributed by atoms with Crippen molar-refractivity contribution in [2.45, 2.75) is 64.7 Å². The fraction of sp³-hybridized carbons (Fsp3) is 0.667. The molecule has 3 nitrogen and oxygen atoms in total. The number of halogens is 1. The molecule has 0 spiro atoms. The zero-order valence-corrected chi connectivity index (χ0v) is 16.4. The largest absolute Gasteiger partial charge is 0.368 e. The lowest BCUT2D eigenvalue weighted by atomic mass is 10.1. The highest BCUT2D eigenvalue weighted by Gasteiger charge is 2.20. The lowest BCUT2D eigenvalue weighted by molar-refractivity contribution is -0.131. The summed E-state index contributed by atoms with van der Waals surface area (Å²) in [5.41, 5.74) is 1.19. The summed E-state index contributed by atoms with van der Waals surface area (Å²) in [6.45, 7) is 5.73. The average Bonchev–Trinajstić information content (AvgIpc) is 2.64. The molecule has 0 unspecified atom stereocenters. The minimum Gasteiger partial charge on any atom is -0.368 e. The van der Waals surface area contributed by atoms with Crippen LogP contribution in [0.3, 0.4) is 0 Å². The molecular formula is C21H33ClN2O. The lowest BCUT2D eigenvalue weighted by Gasteiger charge is -2.36. The van der Waals surface area contributed by atoms with E-state index in [1.54, 1.807) is 0 Å². The Labute approximate surface area is 158 Å². The van der Waals surface area contributed by atoms with Crippen molar-refractivity contribution in [3.63, 3.8) is 0 Å². The molecule has 0 saturated carbocycles. The van der Waals surface area contributed by atoms with Crippen molar-refractivity contribution in [1.29, 1.82) is 0 Å². The third kappa shape index (κ3) is 7.27. The maximum Gasteiger partial charge on any atom is 0.222 e. The average molecular weight is 365 g/mol. The van der Waals surface area contributed by atoms with Gasteiger partial charge in [-0.2, -0.15) is 0 Å². The van der Waals surface area contributed by atoms with E-state index in [1.165, 1.54) is 50.6 Å². The predicted octanol–water partition coefficient (Wildman–Crippen LogP) is 5.52. The quantitative estimate of drug-likeness (QED) is 0.510. The van der Waals surface area contributed by atoms with E-state index in [-0.39, 0.29) is 0 Å². The number of anilines is 1. The van der Waals surface area contributed by atoms with Crippen LogP contribution in [0.15, 0.2) is 24.3 Å². The van der Waals surface area contributed by atoms with Crippen LogP contribution in [0.4, 0.5) is 5.69 Å². The Morgan fingerprint density at radius 2 is 1.44 bits per heavy atom. The molecule has 1 fully saturated rings. The van der Waals surface area contributed by atoms with Crippen molar-refractivity contribution in [1.82, 2.24) is 4.90 Å². The Balaban J connectivity index is 1.57. The number of rotatable bonds is 10. The predicted molar refractivity (Wildman–Crippen MR) is 107 cm³/mol. The van der Waals surface area contributed by atoms with Crippen LogP contribution in [-0.4, -0.2) is 37.0 Å². The van der Waals surface area contributed by atoms with Gasteiger partial charge >= 0.3 is 0 Å². The Morgan fingerprint density at radius 3 is 2.04 bits per heavy atom. The van der Waals surface area contributed by atoms with Gasteiger partial charge in [0.25, 0.3) is 0 Å². The highest BCUT2D eigenvalue weighted by atomic mass is 35.5. The van der Waals surface area contributed by atoms with Gasteiger partial charge in [-0.05, 0) is 30.7 Å². The first-order chi connectivity index (χ1) is 12.2. The van der Waals surface area contributed by atoms with Gasteiger partial charge < -0.3 is 9.80 Å². The first-order valence-corrected chi connectivity index (χ1v) is 10.4. The summed E-state index contributed by atoms with van der Waals surface area (Å²) in [4.78, 5) is 16.7. The van der Waals surface area contributed by atoms with E-state index >= 15 is 0 Å². The molecule has 1 aliphatic heterocycles. The van der Waals surface area contributed by atoms with Crippen LogP contribution in [0.1, 0.15) is 64.7 Å². The molecule has 1 aliphatic rings. The standard InChI is InChI=1S/C21H33ClN2O/c1-2-3-4-5-6-7-8-9-10-21(25)24-17-15-23(16-18-24)20-13-11-19(22)12-14-20/h11-14H,2-10,15-18H2,1H3. The molecule has 1 aromatic carbocycles. The van der Waals surface area contributed by atoms with Crippen molar-refractivity contribution in [2.24, 2.45) is 0 Å². The second-order valence-electron chi connectivity index (χ2n) is 7.07. The SMILES string of the molecule is CCCCCCCCCCC(=O)N1CCN(c2ccc(Cl)cc2)CC1. The molecule has 1 heterocycles. The molecule has 0 aliphatic carbocycles. The summed E-state index contributed by atoms with van der Waals surface area (Å²) < 4.78 is 0. The fourth-order valence-corrected chi connectivity index (χ4v) is 3.56. The van der Waals surface area contributed by atoms with E-state index in [2.05, 4.69) is 24.0 Å². The van der Waals surface area contributed by atoms with Crippen LogP contribution in [0.2, 0.25) is 5.02 Å². The number of carbonyl (C=O) groups excluding carboxylic acids is 1. The number of benzene rings is 1. The van der Waals surface area contributed by atoms with E-state index in [1.807, 2.05) is 17.0 Å². The third-order valence-corrected chi connectivity index (χ3v) is 5.32. The molecule has 0 atom stereocenters. The van der Waals surface area contributed by atoms with Gasteiger partial charge in [-0.25, -0.2) is 0 Å². The van der Waals surface area contributed by atoms with Crippen LogP contribution in [0.5, 0.6) is 0 Å². The van der Waals surface area contributed by atoms with Crippen molar-refractivity contribution in [3.8, 4) is 0 Å². The molecule has 4 heteroatoms. The molecular weight excluding hydrogens is 332 g/mol. The second-order valence-corrected chi connectivity index (χ2v) is 7.51. The number of hydrogen-bond donors (Lipinski definition) is 0. The van der Waals surface area contributed by atoms with Gasteiger partial charge in [0, 0.05) is 43.3 Å². The molecule has 0 radical (unpaired) electrons. The Kier molecular flexibility index (Phi) is 9.17. The van der Waals surface area contributed by atoms with Gasteiger partial charge in [-0.15, -0.1) is 0 Å². The number of unbranched alkanes of at least 4 members (excludes halogenated alkanes) is 7. The van der Waals surface area contributed by atoms with Crippen molar-refractivity contribution in [2.75, 3.05) is 31.1 Å². The van der Waals surface area contributed by atoms with Crippen LogP contribution >= 0.6 is 11.6 Å². The maximum atomic E-state index is 12.3. The number of carbonyl (C=O) groups is 1. The first kappa shape index (κ1) is 20.1. The van der Waals surface area contributed by atoms with Crippen LogP contribution in [0.25, 0.3) is 0 Å². The molecule has 0 bridgehead atoms. The molecule has 0 N–H and O–H groups in total. The van der Waals surface area contributed by atoms with Gasteiger partial charge in [-0.1, -0.05) is 63.5 Å². The smallest absolute Gasteiger partial charge is 0.222 e. The van der Waals surface area contributed by atoms with E-state index in [4.69, 9.17) is 11.6 Å². The molecule has 0 aromatic heterocycles. The second kappa shape index (κ2) is 11.4. The molecule has 2 rings (SSSR count).